The van der Waals surface area contributed by atoms with E-state index in [2.05, 4.69) is 15.2 Å². The lowest BCUT2D eigenvalue weighted by atomic mass is 10.3. The maximum atomic E-state index is 9.97. The first-order valence-corrected chi connectivity index (χ1v) is 7.33. The topological polar surface area (TPSA) is 77.0 Å². The molecule has 0 bridgehead atoms. The molecule has 0 saturated heterocycles. The summed E-state index contributed by atoms with van der Waals surface area (Å²) in [6, 6.07) is 9.50. The van der Waals surface area contributed by atoms with Crippen molar-refractivity contribution in [2.24, 2.45) is 0 Å². The third-order valence-electron chi connectivity index (χ3n) is 2.66. The summed E-state index contributed by atoms with van der Waals surface area (Å²) in [5.74, 6) is 1.47. The Morgan fingerprint density at radius 3 is 2.85 bits per heavy atom. The van der Waals surface area contributed by atoms with Gasteiger partial charge in [0.25, 0.3) is 5.89 Å². The lowest BCUT2D eigenvalue weighted by Gasteiger charge is -1.98. The second kappa shape index (κ2) is 5.38. The second-order valence-electron chi connectivity index (χ2n) is 4.09. The molecule has 6 nitrogen and oxygen atoms in total. The van der Waals surface area contributed by atoms with Crippen LogP contribution in [0.3, 0.4) is 0 Å². The summed E-state index contributed by atoms with van der Waals surface area (Å²) in [6.45, 7) is 0. The molecule has 0 amide bonds. The van der Waals surface area contributed by atoms with Gasteiger partial charge in [0.2, 0.25) is 0 Å². The quantitative estimate of drug-likeness (QED) is 0.794. The Kier molecular flexibility index (Phi) is 3.42. The van der Waals surface area contributed by atoms with Crippen LogP contribution in [0.5, 0.6) is 5.75 Å². The van der Waals surface area contributed by atoms with Crippen LogP contribution in [-0.4, -0.2) is 31.3 Å². The molecular weight excluding hydrogens is 276 g/mol. The van der Waals surface area contributed by atoms with Crippen LogP contribution in [0.15, 0.2) is 41.1 Å². The number of aromatic hydroxyl groups is 1. The Morgan fingerprint density at radius 1 is 1.30 bits per heavy atom. The summed E-state index contributed by atoms with van der Waals surface area (Å²) in [7, 11) is 0. The molecule has 0 fully saturated rings. The molecule has 102 valence electrons. The zero-order valence-electron chi connectivity index (χ0n) is 10.7. The Hall–Kier alpha value is -2.28. The van der Waals surface area contributed by atoms with E-state index in [0.29, 0.717) is 11.6 Å². The van der Waals surface area contributed by atoms with E-state index in [-0.39, 0.29) is 17.3 Å². The zero-order chi connectivity index (χ0) is 13.9. The predicted molar refractivity (Wildman–Crippen MR) is 75.7 cm³/mol. The van der Waals surface area contributed by atoms with Crippen molar-refractivity contribution >= 4 is 11.8 Å². The average Bonchev–Trinajstić information content (AvgIpc) is 3.07. The molecule has 3 aromatic rings. The number of nitrogens with zero attached hydrogens (tertiary/aromatic N) is 4. The van der Waals surface area contributed by atoms with Crippen molar-refractivity contribution in [1.29, 1.82) is 0 Å². The van der Waals surface area contributed by atoms with Gasteiger partial charge >= 0.3 is 0 Å². The van der Waals surface area contributed by atoms with Gasteiger partial charge in [0, 0.05) is 0 Å². The summed E-state index contributed by atoms with van der Waals surface area (Å²) in [4.78, 5) is 4.20. The molecule has 1 aromatic carbocycles. The number of hydrogen-bond donors (Lipinski definition) is 1. The molecule has 0 atom stereocenters. The van der Waals surface area contributed by atoms with Gasteiger partial charge in [-0.05, 0) is 18.4 Å². The lowest BCUT2D eigenvalue weighted by molar-refractivity contribution is 0.418. The van der Waals surface area contributed by atoms with Crippen molar-refractivity contribution in [3.05, 3.63) is 42.4 Å². The van der Waals surface area contributed by atoms with E-state index < -0.39 is 0 Å². The molecule has 0 aliphatic carbocycles. The molecule has 0 aliphatic rings. The molecule has 7 heteroatoms. The number of thioether (sulfide) groups is 1. The highest BCUT2D eigenvalue weighted by Gasteiger charge is 2.17. The number of rotatable bonds is 4. The summed E-state index contributed by atoms with van der Waals surface area (Å²) >= 11 is 1.60. The van der Waals surface area contributed by atoms with E-state index in [1.165, 1.54) is 6.20 Å². The zero-order valence-corrected chi connectivity index (χ0v) is 11.5. The van der Waals surface area contributed by atoms with Crippen LogP contribution in [0, 0.1) is 0 Å². The second-order valence-corrected chi connectivity index (χ2v) is 4.96. The van der Waals surface area contributed by atoms with E-state index in [1.807, 2.05) is 36.6 Å². The molecular formula is C13H12N4O2S. The summed E-state index contributed by atoms with van der Waals surface area (Å²) in [5, 5.41) is 18.1. The van der Waals surface area contributed by atoms with Crippen LogP contribution < -0.4 is 0 Å². The van der Waals surface area contributed by atoms with Gasteiger partial charge in [-0.1, -0.05) is 23.4 Å². The van der Waals surface area contributed by atoms with Crippen molar-refractivity contribution < 1.29 is 9.63 Å². The van der Waals surface area contributed by atoms with Crippen molar-refractivity contribution in [3.8, 4) is 23.0 Å². The van der Waals surface area contributed by atoms with Gasteiger partial charge in [-0.25, -0.2) is 4.68 Å². The Balaban J connectivity index is 1.96. The third-order valence-corrected chi connectivity index (χ3v) is 3.21. The summed E-state index contributed by atoms with van der Waals surface area (Å²) in [6.07, 6.45) is 3.47. The van der Waals surface area contributed by atoms with Crippen molar-refractivity contribution in [2.75, 3.05) is 6.26 Å². The molecule has 0 radical (unpaired) electrons. The van der Waals surface area contributed by atoms with E-state index in [9.17, 15) is 5.11 Å². The predicted octanol–water partition coefficient (Wildman–Crippen LogP) is 2.49. The fraction of sp³-hybridized carbons (Fsp3) is 0.154. The monoisotopic (exact) mass is 288 g/mol. The largest absolute Gasteiger partial charge is 0.504 e. The van der Waals surface area contributed by atoms with Gasteiger partial charge in [0.1, 0.15) is 0 Å². The molecule has 20 heavy (non-hydrogen) atoms. The summed E-state index contributed by atoms with van der Waals surface area (Å²) in [5.41, 5.74) is 1.13. The van der Waals surface area contributed by atoms with E-state index in [1.54, 1.807) is 16.4 Å². The van der Waals surface area contributed by atoms with Crippen molar-refractivity contribution in [3.63, 3.8) is 0 Å². The molecule has 0 saturated carbocycles. The highest BCUT2D eigenvalue weighted by Crippen LogP contribution is 2.27. The summed E-state index contributed by atoms with van der Waals surface area (Å²) < 4.78 is 6.70. The molecule has 2 aromatic heterocycles. The van der Waals surface area contributed by atoms with Crippen LogP contribution in [0.25, 0.3) is 17.3 Å². The highest BCUT2D eigenvalue weighted by molar-refractivity contribution is 7.97. The first kappa shape index (κ1) is 12.7. The van der Waals surface area contributed by atoms with Gasteiger partial charge < -0.3 is 9.63 Å². The number of para-hydroxylation sites is 1. The van der Waals surface area contributed by atoms with Crippen LogP contribution in [0.2, 0.25) is 0 Å². The molecule has 1 N–H and O–H groups in total. The third kappa shape index (κ3) is 2.39. The highest BCUT2D eigenvalue weighted by atomic mass is 32.2. The standard InChI is InChI=1S/C13H12N4O2S/c1-20-8-11-14-13(19-16-11)12-10(18)7-17(15-12)9-5-3-2-4-6-9/h2-7,18H,8H2,1H3. The maximum Gasteiger partial charge on any atom is 0.282 e. The maximum absolute atomic E-state index is 9.97. The Morgan fingerprint density at radius 2 is 2.10 bits per heavy atom. The number of aromatic nitrogens is 4. The van der Waals surface area contributed by atoms with Gasteiger partial charge in [-0.3, -0.25) is 0 Å². The molecule has 0 unspecified atom stereocenters. The molecule has 3 rings (SSSR count). The van der Waals surface area contributed by atoms with Crippen LogP contribution in [-0.2, 0) is 5.75 Å². The van der Waals surface area contributed by atoms with E-state index >= 15 is 0 Å². The van der Waals surface area contributed by atoms with Crippen molar-refractivity contribution in [1.82, 2.24) is 19.9 Å². The normalized spacial score (nSPS) is 10.8. The number of hydrogen-bond acceptors (Lipinski definition) is 6. The minimum absolute atomic E-state index is 0.00760. The fourth-order valence-corrected chi connectivity index (χ4v) is 2.14. The number of benzene rings is 1. The average molecular weight is 288 g/mol. The molecule has 0 aliphatic heterocycles. The minimum Gasteiger partial charge on any atom is -0.504 e. The van der Waals surface area contributed by atoms with E-state index in [4.69, 9.17) is 4.52 Å². The minimum atomic E-state index is 0.00760. The first-order valence-electron chi connectivity index (χ1n) is 5.94. The Bertz CT molecular complexity index is 708. The molecule has 2 heterocycles. The van der Waals surface area contributed by atoms with Gasteiger partial charge in [-0.2, -0.15) is 21.8 Å². The Labute approximate surface area is 119 Å². The fourth-order valence-electron chi connectivity index (χ4n) is 1.77. The van der Waals surface area contributed by atoms with Gasteiger partial charge in [-0.15, -0.1) is 0 Å². The SMILES string of the molecule is CSCc1noc(-c2nn(-c3ccccc3)cc2O)n1. The van der Waals surface area contributed by atoms with Crippen LogP contribution in [0.4, 0.5) is 0 Å². The van der Waals surface area contributed by atoms with Gasteiger partial charge in [0.15, 0.2) is 17.3 Å². The van der Waals surface area contributed by atoms with Crippen molar-refractivity contribution in [2.45, 2.75) is 5.75 Å². The first-order chi connectivity index (χ1) is 9.78. The van der Waals surface area contributed by atoms with E-state index in [0.717, 1.165) is 5.69 Å². The van der Waals surface area contributed by atoms with Crippen LogP contribution in [0.1, 0.15) is 5.82 Å². The smallest absolute Gasteiger partial charge is 0.282 e. The molecule has 0 spiro atoms. The van der Waals surface area contributed by atoms with Gasteiger partial charge in [0.05, 0.1) is 17.6 Å². The van der Waals surface area contributed by atoms with Crippen LogP contribution >= 0.6 is 11.8 Å². The lowest BCUT2D eigenvalue weighted by Crippen LogP contribution is -1.94.